The molecule has 1 saturated heterocycles. The molecular weight excluding hydrogens is 322 g/mol. The summed E-state index contributed by atoms with van der Waals surface area (Å²) in [4.78, 5) is 25.2. The van der Waals surface area contributed by atoms with E-state index < -0.39 is 5.24 Å². The standard InChI is InChI=1S/C14H19N3O5S/c18-13(17-6-9-21-10-7-17)15-5-8-22-11-1-3-12(4-2-11)23-14(19)16-20/h1-4,20H,5-10H2,(H,15,18)(H,16,19). The number of urea groups is 1. The van der Waals surface area contributed by atoms with E-state index in [9.17, 15) is 9.59 Å². The minimum atomic E-state index is -0.551. The Hall–Kier alpha value is -1.97. The Morgan fingerprint density at radius 1 is 1.26 bits per heavy atom. The van der Waals surface area contributed by atoms with Crippen LogP contribution in [-0.2, 0) is 4.74 Å². The van der Waals surface area contributed by atoms with E-state index in [0.29, 0.717) is 50.1 Å². The first kappa shape index (κ1) is 17.4. The maximum Gasteiger partial charge on any atom is 0.317 e. The summed E-state index contributed by atoms with van der Waals surface area (Å²) >= 11 is 0.872. The van der Waals surface area contributed by atoms with Gasteiger partial charge in [0.25, 0.3) is 0 Å². The van der Waals surface area contributed by atoms with Crippen molar-refractivity contribution in [1.82, 2.24) is 15.7 Å². The van der Waals surface area contributed by atoms with Crippen LogP contribution >= 0.6 is 11.8 Å². The fourth-order valence-electron chi connectivity index (χ4n) is 1.94. The Kier molecular flexibility index (Phi) is 6.98. The molecule has 126 valence electrons. The van der Waals surface area contributed by atoms with E-state index in [4.69, 9.17) is 14.7 Å². The van der Waals surface area contributed by atoms with Gasteiger partial charge in [-0.15, -0.1) is 0 Å². The molecule has 0 aromatic heterocycles. The zero-order valence-corrected chi connectivity index (χ0v) is 13.3. The van der Waals surface area contributed by atoms with Gasteiger partial charge in [-0.2, -0.15) is 0 Å². The SMILES string of the molecule is O=C(NO)Sc1ccc(OCCNC(=O)N2CCOCC2)cc1. The molecule has 9 heteroatoms. The number of hydrogen-bond acceptors (Lipinski definition) is 6. The van der Waals surface area contributed by atoms with Gasteiger partial charge in [0, 0.05) is 18.0 Å². The zero-order valence-electron chi connectivity index (χ0n) is 12.5. The number of hydroxylamine groups is 1. The van der Waals surface area contributed by atoms with E-state index in [-0.39, 0.29) is 6.03 Å². The van der Waals surface area contributed by atoms with Crippen molar-refractivity contribution in [2.75, 3.05) is 39.5 Å². The van der Waals surface area contributed by atoms with Crippen molar-refractivity contribution in [3.8, 4) is 5.75 Å². The number of carbonyl (C=O) groups is 2. The highest BCUT2D eigenvalue weighted by Gasteiger charge is 2.15. The van der Waals surface area contributed by atoms with Crippen LogP contribution in [0.25, 0.3) is 0 Å². The van der Waals surface area contributed by atoms with Gasteiger partial charge in [0.15, 0.2) is 0 Å². The van der Waals surface area contributed by atoms with Gasteiger partial charge >= 0.3 is 11.3 Å². The van der Waals surface area contributed by atoms with Crippen LogP contribution in [0.1, 0.15) is 0 Å². The van der Waals surface area contributed by atoms with Crippen LogP contribution in [-0.4, -0.2) is 60.8 Å². The van der Waals surface area contributed by atoms with Crippen molar-refractivity contribution in [2.45, 2.75) is 4.90 Å². The van der Waals surface area contributed by atoms with Crippen LogP contribution in [0.4, 0.5) is 9.59 Å². The number of rotatable bonds is 5. The molecule has 0 unspecified atom stereocenters. The Bertz CT molecular complexity index is 520. The third kappa shape index (κ3) is 5.97. The average molecular weight is 341 g/mol. The molecule has 1 heterocycles. The zero-order chi connectivity index (χ0) is 16.5. The molecule has 1 aliphatic heterocycles. The Balaban J connectivity index is 1.65. The van der Waals surface area contributed by atoms with Crippen LogP contribution in [0.15, 0.2) is 29.2 Å². The van der Waals surface area contributed by atoms with E-state index in [1.54, 1.807) is 34.6 Å². The summed E-state index contributed by atoms with van der Waals surface area (Å²) in [5, 5.41) is 10.7. The average Bonchev–Trinajstić information content (AvgIpc) is 2.60. The summed E-state index contributed by atoms with van der Waals surface area (Å²) in [7, 11) is 0. The number of thioether (sulfide) groups is 1. The molecule has 1 aromatic rings. The quantitative estimate of drug-likeness (QED) is 0.323. The van der Waals surface area contributed by atoms with Crippen molar-refractivity contribution in [1.29, 1.82) is 0 Å². The van der Waals surface area contributed by atoms with Gasteiger partial charge in [0.1, 0.15) is 12.4 Å². The summed E-state index contributed by atoms with van der Waals surface area (Å²) in [6.45, 7) is 3.10. The molecule has 0 atom stereocenters. The molecule has 1 fully saturated rings. The minimum Gasteiger partial charge on any atom is -0.492 e. The molecule has 2 rings (SSSR count). The topological polar surface area (TPSA) is 100 Å². The maximum atomic E-state index is 11.8. The second kappa shape index (κ2) is 9.23. The third-order valence-electron chi connectivity index (χ3n) is 3.07. The fraction of sp³-hybridized carbons (Fsp3) is 0.429. The summed E-state index contributed by atoms with van der Waals surface area (Å²) < 4.78 is 10.7. The van der Waals surface area contributed by atoms with Crippen molar-refractivity contribution in [3.05, 3.63) is 24.3 Å². The Labute approximate surface area is 138 Å². The summed E-state index contributed by atoms with van der Waals surface area (Å²) in [6.07, 6.45) is 0. The molecule has 1 aromatic carbocycles. The first-order chi connectivity index (χ1) is 11.2. The molecule has 3 amide bonds. The number of amides is 3. The molecule has 0 bridgehead atoms. The molecule has 3 N–H and O–H groups in total. The van der Waals surface area contributed by atoms with Gasteiger partial charge < -0.3 is 19.7 Å². The number of nitrogens with one attached hydrogen (secondary N) is 2. The maximum absolute atomic E-state index is 11.8. The van der Waals surface area contributed by atoms with Crippen molar-refractivity contribution >= 4 is 23.0 Å². The highest BCUT2D eigenvalue weighted by molar-refractivity contribution is 8.13. The van der Waals surface area contributed by atoms with Gasteiger partial charge in [-0.05, 0) is 36.0 Å². The Morgan fingerprint density at radius 2 is 1.96 bits per heavy atom. The molecule has 0 spiro atoms. The van der Waals surface area contributed by atoms with Gasteiger partial charge in [-0.3, -0.25) is 10.0 Å². The Morgan fingerprint density at radius 3 is 2.61 bits per heavy atom. The first-order valence-corrected chi connectivity index (χ1v) is 7.96. The lowest BCUT2D eigenvalue weighted by Gasteiger charge is -2.26. The van der Waals surface area contributed by atoms with Crippen LogP contribution in [0.5, 0.6) is 5.75 Å². The number of nitrogens with zero attached hydrogens (tertiary/aromatic N) is 1. The monoisotopic (exact) mass is 341 g/mol. The van der Waals surface area contributed by atoms with E-state index in [2.05, 4.69) is 5.32 Å². The third-order valence-corrected chi connectivity index (χ3v) is 3.86. The molecule has 0 aliphatic carbocycles. The highest BCUT2D eigenvalue weighted by Crippen LogP contribution is 2.21. The second-order valence-electron chi connectivity index (χ2n) is 4.65. The van der Waals surface area contributed by atoms with Crippen molar-refractivity contribution < 1.29 is 24.3 Å². The molecule has 0 radical (unpaired) electrons. The van der Waals surface area contributed by atoms with E-state index in [1.165, 1.54) is 0 Å². The van der Waals surface area contributed by atoms with Gasteiger partial charge in [0.05, 0.1) is 19.8 Å². The predicted molar refractivity (Wildman–Crippen MR) is 83.9 cm³/mol. The number of benzene rings is 1. The molecular formula is C14H19N3O5S. The number of morpholine rings is 1. The van der Waals surface area contributed by atoms with Crippen LogP contribution < -0.4 is 15.5 Å². The van der Waals surface area contributed by atoms with Crippen molar-refractivity contribution in [2.24, 2.45) is 0 Å². The number of hydrogen-bond donors (Lipinski definition) is 3. The van der Waals surface area contributed by atoms with E-state index >= 15 is 0 Å². The first-order valence-electron chi connectivity index (χ1n) is 7.14. The predicted octanol–water partition coefficient (Wildman–Crippen LogP) is 1.30. The molecule has 1 aliphatic rings. The second-order valence-corrected chi connectivity index (χ2v) is 5.70. The largest absolute Gasteiger partial charge is 0.492 e. The highest BCUT2D eigenvalue weighted by atomic mass is 32.2. The van der Waals surface area contributed by atoms with Crippen LogP contribution in [0.2, 0.25) is 0 Å². The normalized spacial score (nSPS) is 14.2. The molecule has 23 heavy (non-hydrogen) atoms. The number of ether oxygens (including phenoxy) is 2. The lowest BCUT2D eigenvalue weighted by Crippen LogP contribution is -2.47. The number of carbonyl (C=O) groups excluding carboxylic acids is 2. The smallest absolute Gasteiger partial charge is 0.317 e. The van der Waals surface area contributed by atoms with Crippen molar-refractivity contribution in [3.63, 3.8) is 0 Å². The minimum absolute atomic E-state index is 0.112. The van der Waals surface area contributed by atoms with Crippen LogP contribution in [0.3, 0.4) is 0 Å². The molecule has 8 nitrogen and oxygen atoms in total. The lowest BCUT2D eigenvalue weighted by atomic mass is 10.3. The summed E-state index contributed by atoms with van der Waals surface area (Å²) in [5.74, 6) is 0.638. The van der Waals surface area contributed by atoms with E-state index in [1.807, 2.05) is 0 Å². The van der Waals surface area contributed by atoms with Gasteiger partial charge in [0.2, 0.25) is 0 Å². The summed E-state index contributed by atoms with van der Waals surface area (Å²) in [5.41, 5.74) is 1.55. The fourth-order valence-corrected chi connectivity index (χ4v) is 2.47. The molecule has 0 saturated carbocycles. The van der Waals surface area contributed by atoms with Gasteiger partial charge in [-0.1, -0.05) is 0 Å². The lowest BCUT2D eigenvalue weighted by molar-refractivity contribution is 0.0530. The van der Waals surface area contributed by atoms with Gasteiger partial charge in [-0.25, -0.2) is 10.3 Å². The van der Waals surface area contributed by atoms with E-state index in [0.717, 1.165) is 11.8 Å². The summed E-state index contributed by atoms with van der Waals surface area (Å²) in [6, 6.07) is 6.75. The van der Waals surface area contributed by atoms with Crippen LogP contribution in [0, 0.1) is 0 Å².